The van der Waals surface area contributed by atoms with Crippen LogP contribution in [-0.2, 0) is 9.53 Å². The van der Waals surface area contributed by atoms with Gasteiger partial charge in [-0.2, -0.15) is 0 Å². The van der Waals surface area contributed by atoms with Gasteiger partial charge in [0.15, 0.2) is 0 Å². The first-order chi connectivity index (χ1) is 5.79. The van der Waals surface area contributed by atoms with Gasteiger partial charge in [0.05, 0.1) is 19.6 Å². The predicted molar refractivity (Wildman–Crippen MR) is 44.0 cm³/mol. The fourth-order valence-electron chi connectivity index (χ4n) is 1.27. The molecule has 1 aliphatic heterocycles. The highest BCUT2D eigenvalue weighted by atomic mass is 16.5. The van der Waals surface area contributed by atoms with E-state index in [1.165, 1.54) is 0 Å². The lowest BCUT2D eigenvalue weighted by atomic mass is 10.1. The van der Waals surface area contributed by atoms with Crippen molar-refractivity contribution in [3.8, 4) is 0 Å². The first-order valence-corrected chi connectivity index (χ1v) is 4.29. The van der Waals surface area contributed by atoms with Crippen LogP contribution in [0.4, 0.5) is 0 Å². The Hall–Kier alpha value is -0.610. The molecule has 0 saturated carbocycles. The lowest BCUT2D eigenvalue weighted by Gasteiger charge is -2.07. The van der Waals surface area contributed by atoms with Crippen molar-refractivity contribution in [1.82, 2.24) is 5.32 Å². The molecule has 4 nitrogen and oxygen atoms in total. The molecule has 1 rings (SSSR count). The third-order valence-corrected chi connectivity index (χ3v) is 1.98. The molecule has 0 aromatic rings. The van der Waals surface area contributed by atoms with E-state index in [0.29, 0.717) is 19.1 Å². The van der Waals surface area contributed by atoms with Crippen molar-refractivity contribution < 1.29 is 14.6 Å². The van der Waals surface area contributed by atoms with Crippen LogP contribution >= 0.6 is 0 Å². The van der Waals surface area contributed by atoms with E-state index in [0.717, 1.165) is 19.5 Å². The van der Waals surface area contributed by atoms with E-state index in [1.54, 1.807) is 0 Å². The molecular weight excluding hydrogens is 158 g/mol. The second-order valence-corrected chi connectivity index (χ2v) is 3.08. The molecule has 1 saturated heterocycles. The summed E-state index contributed by atoms with van der Waals surface area (Å²) in [6.45, 7) is 3.10. The molecule has 1 heterocycles. The number of hydrogen-bond acceptors (Lipinski definition) is 3. The van der Waals surface area contributed by atoms with Gasteiger partial charge in [0.25, 0.3) is 0 Å². The Morgan fingerprint density at radius 2 is 2.50 bits per heavy atom. The minimum atomic E-state index is -0.792. The van der Waals surface area contributed by atoms with Crippen LogP contribution in [0.2, 0.25) is 0 Å². The number of aliphatic carboxylic acids is 1. The Balaban J connectivity index is 1.91. The van der Waals surface area contributed by atoms with Crippen LogP contribution < -0.4 is 5.32 Å². The van der Waals surface area contributed by atoms with Gasteiger partial charge in [0.1, 0.15) is 0 Å². The molecule has 2 N–H and O–H groups in total. The molecule has 1 aliphatic rings. The summed E-state index contributed by atoms with van der Waals surface area (Å²) in [5, 5.41) is 11.5. The van der Waals surface area contributed by atoms with E-state index in [9.17, 15) is 4.79 Å². The molecule has 0 amide bonds. The normalized spacial score (nSPS) is 22.8. The Morgan fingerprint density at radius 3 is 3.08 bits per heavy atom. The van der Waals surface area contributed by atoms with Gasteiger partial charge in [-0.1, -0.05) is 0 Å². The number of hydrogen-bond donors (Lipinski definition) is 2. The van der Waals surface area contributed by atoms with Crippen molar-refractivity contribution in [2.75, 3.05) is 26.3 Å². The Morgan fingerprint density at radius 1 is 1.67 bits per heavy atom. The van der Waals surface area contributed by atoms with Crippen LogP contribution in [0.3, 0.4) is 0 Å². The van der Waals surface area contributed by atoms with E-state index in [1.807, 2.05) is 0 Å². The summed E-state index contributed by atoms with van der Waals surface area (Å²) >= 11 is 0. The van der Waals surface area contributed by atoms with Crippen LogP contribution in [-0.4, -0.2) is 37.4 Å². The SMILES string of the molecule is O=C(O)CCOCC1CCNC1. The highest BCUT2D eigenvalue weighted by molar-refractivity contribution is 5.66. The highest BCUT2D eigenvalue weighted by Crippen LogP contribution is 2.07. The van der Waals surface area contributed by atoms with Gasteiger partial charge < -0.3 is 15.2 Å². The van der Waals surface area contributed by atoms with Gasteiger partial charge in [-0.25, -0.2) is 0 Å². The van der Waals surface area contributed by atoms with Gasteiger partial charge in [-0.05, 0) is 18.9 Å². The van der Waals surface area contributed by atoms with Crippen LogP contribution in [0.15, 0.2) is 0 Å². The highest BCUT2D eigenvalue weighted by Gasteiger charge is 2.13. The molecule has 4 heteroatoms. The van der Waals surface area contributed by atoms with Crippen molar-refractivity contribution >= 4 is 5.97 Å². The number of rotatable bonds is 5. The number of carbonyl (C=O) groups is 1. The average Bonchev–Trinajstić information content (AvgIpc) is 2.49. The standard InChI is InChI=1S/C8H15NO3/c10-8(11)2-4-12-6-7-1-3-9-5-7/h7,9H,1-6H2,(H,10,11). The number of ether oxygens (including phenoxy) is 1. The van der Waals surface area contributed by atoms with Gasteiger partial charge >= 0.3 is 5.97 Å². The molecule has 0 aliphatic carbocycles. The zero-order chi connectivity index (χ0) is 8.81. The van der Waals surface area contributed by atoms with Crippen LogP contribution in [0.5, 0.6) is 0 Å². The molecular formula is C8H15NO3. The molecule has 1 fully saturated rings. The minimum absolute atomic E-state index is 0.111. The van der Waals surface area contributed by atoms with Gasteiger partial charge in [-0.15, -0.1) is 0 Å². The first-order valence-electron chi connectivity index (χ1n) is 4.29. The summed E-state index contributed by atoms with van der Waals surface area (Å²) in [6, 6.07) is 0. The van der Waals surface area contributed by atoms with E-state index < -0.39 is 5.97 Å². The van der Waals surface area contributed by atoms with E-state index in [4.69, 9.17) is 9.84 Å². The zero-order valence-corrected chi connectivity index (χ0v) is 7.08. The Kier molecular flexibility index (Phi) is 4.04. The van der Waals surface area contributed by atoms with E-state index >= 15 is 0 Å². The number of nitrogens with one attached hydrogen (secondary N) is 1. The number of carboxylic acid groups (broad SMARTS) is 1. The largest absolute Gasteiger partial charge is 0.481 e. The molecule has 1 atom stereocenters. The van der Waals surface area contributed by atoms with Crippen LogP contribution in [0, 0.1) is 5.92 Å². The summed E-state index contributed by atoms with van der Waals surface area (Å²) in [5.74, 6) is -0.210. The monoisotopic (exact) mass is 173 g/mol. The molecule has 0 spiro atoms. The first kappa shape index (κ1) is 9.48. The summed E-state index contributed by atoms with van der Waals surface area (Å²) < 4.78 is 5.21. The molecule has 70 valence electrons. The topological polar surface area (TPSA) is 58.6 Å². The molecule has 0 aromatic carbocycles. The fourth-order valence-corrected chi connectivity index (χ4v) is 1.27. The minimum Gasteiger partial charge on any atom is -0.481 e. The van der Waals surface area contributed by atoms with Crippen LogP contribution in [0.1, 0.15) is 12.8 Å². The molecule has 0 bridgehead atoms. The van der Waals surface area contributed by atoms with Crippen molar-refractivity contribution in [3.05, 3.63) is 0 Å². The predicted octanol–water partition coefficient (Wildman–Crippen LogP) is 0.0872. The average molecular weight is 173 g/mol. The summed E-state index contributed by atoms with van der Waals surface area (Å²) in [4.78, 5) is 10.1. The van der Waals surface area contributed by atoms with Gasteiger partial charge in [-0.3, -0.25) is 4.79 Å². The maximum absolute atomic E-state index is 10.1. The molecule has 1 unspecified atom stereocenters. The Bertz CT molecular complexity index is 143. The third-order valence-electron chi connectivity index (χ3n) is 1.98. The second kappa shape index (κ2) is 5.11. The van der Waals surface area contributed by atoms with Crippen molar-refractivity contribution in [1.29, 1.82) is 0 Å². The van der Waals surface area contributed by atoms with Crippen LogP contribution in [0.25, 0.3) is 0 Å². The summed E-state index contributed by atoms with van der Waals surface area (Å²) in [7, 11) is 0. The summed E-state index contributed by atoms with van der Waals surface area (Å²) in [6.07, 6.45) is 1.26. The van der Waals surface area contributed by atoms with Crippen molar-refractivity contribution in [2.45, 2.75) is 12.8 Å². The smallest absolute Gasteiger partial charge is 0.305 e. The fraction of sp³-hybridized carbons (Fsp3) is 0.875. The van der Waals surface area contributed by atoms with Gasteiger partial charge in [0.2, 0.25) is 0 Å². The van der Waals surface area contributed by atoms with E-state index in [2.05, 4.69) is 5.32 Å². The third kappa shape index (κ3) is 3.69. The second-order valence-electron chi connectivity index (χ2n) is 3.08. The van der Waals surface area contributed by atoms with Gasteiger partial charge in [0, 0.05) is 6.54 Å². The molecule has 12 heavy (non-hydrogen) atoms. The maximum atomic E-state index is 10.1. The quantitative estimate of drug-likeness (QED) is 0.578. The van der Waals surface area contributed by atoms with Crippen molar-refractivity contribution in [3.63, 3.8) is 0 Å². The van der Waals surface area contributed by atoms with E-state index in [-0.39, 0.29) is 6.42 Å². The maximum Gasteiger partial charge on any atom is 0.305 e. The number of carboxylic acids is 1. The Labute approximate surface area is 71.9 Å². The zero-order valence-electron chi connectivity index (χ0n) is 7.08. The lowest BCUT2D eigenvalue weighted by Crippen LogP contribution is -2.15. The molecule has 0 radical (unpaired) electrons. The lowest BCUT2D eigenvalue weighted by molar-refractivity contribution is -0.138. The van der Waals surface area contributed by atoms with Crippen molar-refractivity contribution in [2.24, 2.45) is 5.92 Å². The molecule has 0 aromatic heterocycles. The summed E-state index contributed by atoms with van der Waals surface area (Å²) in [5.41, 5.74) is 0.